The number of nitrogens with one attached hydrogen (secondary N) is 1. The largest absolute Gasteiger partial charge is 0.310 e. The van der Waals surface area contributed by atoms with E-state index in [-0.39, 0.29) is 0 Å². The molecule has 0 aliphatic carbocycles. The van der Waals surface area contributed by atoms with E-state index in [2.05, 4.69) is 29.9 Å². The van der Waals surface area contributed by atoms with Gasteiger partial charge in [-0.25, -0.2) is 0 Å². The van der Waals surface area contributed by atoms with Crippen LogP contribution in [0.25, 0.3) is 0 Å². The molecule has 16 heavy (non-hydrogen) atoms. The second kappa shape index (κ2) is 8.05. The van der Waals surface area contributed by atoms with Crippen molar-refractivity contribution in [1.82, 2.24) is 10.3 Å². The molecule has 0 amide bonds. The molecular weight excluding hydrogens is 196 g/mol. The maximum absolute atomic E-state index is 4.12. The van der Waals surface area contributed by atoms with E-state index in [1.807, 2.05) is 24.5 Å². The molecule has 1 N–H and O–H groups in total. The summed E-state index contributed by atoms with van der Waals surface area (Å²) >= 11 is 0. The Morgan fingerprint density at radius 2 is 2.31 bits per heavy atom. The maximum atomic E-state index is 4.12. The van der Waals surface area contributed by atoms with Gasteiger partial charge in [-0.2, -0.15) is 0 Å². The van der Waals surface area contributed by atoms with E-state index in [0.29, 0.717) is 6.04 Å². The van der Waals surface area contributed by atoms with Crippen molar-refractivity contribution in [2.75, 3.05) is 6.54 Å². The first-order chi connectivity index (χ1) is 7.84. The average molecular weight is 218 g/mol. The lowest BCUT2D eigenvalue weighted by atomic mass is 10.1. The monoisotopic (exact) mass is 218 g/mol. The highest BCUT2D eigenvalue weighted by atomic mass is 14.9. The Labute approximate surface area is 98.8 Å². The van der Waals surface area contributed by atoms with E-state index in [1.54, 1.807) is 0 Å². The van der Waals surface area contributed by atoms with Crippen LogP contribution in [0.4, 0.5) is 0 Å². The minimum atomic E-state index is 0.396. The van der Waals surface area contributed by atoms with E-state index in [9.17, 15) is 0 Å². The summed E-state index contributed by atoms with van der Waals surface area (Å²) < 4.78 is 0. The molecule has 0 aliphatic heterocycles. The number of nitrogens with zero attached hydrogens (tertiary/aromatic N) is 1. The third kappa shape index (κ3) is 5.08. The standard InChI is InChI=1S/C14H22N2/c1-3-4-5-6-7-11-16-13(2)14-9-8-10-15-12-14/h3,8-10,12-13,16H,1,4-7,11H2,2H3. The van der Waals surface area contributed by atoms with Gasteiger partial charge in [0, 0.05) is 18.4 Å². The second-order valence-corrected chi connectivity index (χ2v) is 4.10. The average Bonchev–Trinajstić information content (AvgIpc) is 2.34. The van der Waals surface area contributed by atoms with Crippen molar-refractivity contribution in [3.63, 3.8) is 0 Å². The van der Waals surface area contributed by atoms with Crippen molar-refractivity contribution < 1.29 is 0 Å². The molecule has 0 bridgehead atoms. The molecule has 0 fully saturated rings. The summed E-state index contributed by atoms with van der Waals surface area (Å²) in [4.78, 5) is 4.12. The summed E-state index contributed by atoms with van der Waals surface area (Å²) in [5, 5.41) is 3.51. The Morgan fingerprint density at radius 1 is 1.44 bits per heavy atom. The van der Waals surface area contributed by atoms with Crippen molar-refractivity contribution in [3.05, 3.63) is 42.7 Å². The Bertz CT molecular complexity index is 282. The van der Waals surface area contributed by atoms with Gasteiger partial charge < -0.3 is 5.32 Å². The van der Waals surface area contributed by atoms with Crippen LogP contribution >= 0.6 is 0 Å². The number of hydrogen-bond acceptors (Lipinski definition) is 2. The van der Waals surface area contributed by atoms with E-state index < -0.39 is 0 Å². The van der Waals surface area contributed by atoms with Crippen LogP contribution < -0.4 is 5.32 Å². The van der Waals surface area contributed by atoms with Crippen LogP contribution in [0.2, 0.25) is 0 Å². The Hall–Kier alpha value is -1.15. The van der Waals surface area contributed by atoms with Crippen molar-refractivity contribution in [2.45, 2.75) is 38.6 Å². The molecular formula is C14H22N2. The predicted molar refractivity (Wildman–Crippen MR) is 69.3 cm³/mol. The fourth-order valence-corrected chi connectivity index (χ4v) is 1.66. The van der Waals surface area contributed by atoms with Crippen LogP contribution in [0.1, 0.15) is 44.2 Å². The van der Waals surface area contributed by atoms with Crippen molar-refractivity contribution in [1.29, 1.82) is 0 Å². The van der Waals surface area contributed by atoms with Crippen LogP contribution in [0.3, 0.4) is 0 Å². The van der Waals surface area contributed by atoms with Gasteiger partial charge in [-0.05, 0) is 44.4 Å². The molecule has 0 saturated carbocycles. The van der Waals surface area contributed by atoms with E-state index in [0.717, 1.165) is 13.0 Å². The van der Waals surface area contributed by atoms with Gasteiger partial charge in [0.05, 0.1) is 0 Å². The van der Waals surface area contributed by atoms with Crippen LogP contribution in [-0.4, -0.2) is 11.5 Å². The predicted octanol–water partition coefficient (Wildman–Crippen LogP) is 3.48. The number of pyridine rings is 1. The minimum absolute atomic E-state index is 0.396. The molecule has 2 nitrogen and oxygen atoms in total. The van der Waals surface area contributed by atoms with Crippen LogP contribution in [0.15, 0.2) is 37.2 Å². The highest BCUT2D eigenvalue weighted by Gasteiger charge is 2.02. The normalized spacial score (nSPS) is 12.3. The third-order valence-electron chi connectivity index (χ3n) is 2.72. The zero-order chi connectivity index (χ0) is 11.6. The minimum Gasteiger partial charge on any atom is -0.310 e. The van der Waals surface area contributed by atoms with Gasteiger partial charge in [0.15, 0.2) is 0 Å². The molecule has 1 rings (SSSR count). The quantitative estimate of drug-likeness (QED) is 0.534. The van der Waals surface area contributed by atoms with Gasteiger partial charge >= 0.3 is 0 Å². The summed E-state index contributed by atoms with van der Waals surface area (Å²) in [6.07, 6.45) is 10.6. The van der Waals surface area contributed by atoms with E-state index >= 15 is 0 Å². The van der Waals surface area contributed by atoms with Crippen molar-refractivity contribution in [2.24, 2.45) is 0 Å². The fraction of sp³-hybridized carbons (Fsp3) is 0.500. The number of rotatable bonds is 8. The molecule has 0 saturated heterocycles. The smallest absolute Gasteiger partial charge is 0.0315 e. The molecule has 0 aliphatic rings. The van der Waals surface area contributed by atoms with Gasteiger partial charge in [0.2, 0.25) is 0 Å². The number of hydrogen-bond donors (Lipinski definition) is 1. The van der Waals surface area contributed by atoms with Gasteiger partial charge in [-0.3, -0.25) is 4.98 Å². The first kappa shape index (κ1) is 12.9. The van der Waals surface area contributed by atoms with E-state index in [1.165, 1.54) is 24.8 Å². The highest BCUT2D eigenvalue weighted by molar-refractivity contribution is 5.12. The van der Waals surface area contributed by atoms with Crippen molar-refractivity contribution in [3.8, 4) is 0 Å². The molecule has 0 spiro atoms. The molecule has 1 unspecified atom stereocenters. The van der Waals surface area contributed by atoms with Gasteiger partial charge in [-0.15, -0.1) is 6.58 Å². The van der Waals surface area contributed by atoms with Crippen LogP contribution in [0, 0.1) is 0 Å². The summed E-state index contributed by atoms with van der Waals surface area (Å²) in [6, 6.07) is 4.49. The van der Waals surface area contributed by atoms with Crippen LogP contribution in [-0.2, 0) is 0 Å². The van der Waals surface area contributed by atoms with Crippen molar-refractivity contribution >= 4 is 0 Å². The van der Waals surface area contributed by atoms with E-state index in [4.69, 9.17) is 0 Å². The maximum Gasteiger partial charge on any atom is 0.0315 e. The molecule has 1 heterocycles. The first-order valence-electron chi connectivity index (χ1n) is 6.09. The topological polar surface area (TPSA) is 24.9 Å². The summed E-state index contributed by atoms with van der Waals surface area (Å²) in [7, 11) is 0. The lowest BCUT2D eigenvalue weighted by Crippen LogP contribution is -2.19. The molecule has 1 aromatic heterocycles. The van der Waals surface area contributed by atoms with Gasteiger partial charge in [0.1, 0.15) is 0 Å². The Balaban J connectivity index is 2.11. The van der Waals surface area contributed by atoms with Crippen LogP contribution in [0.5, 0.6) is 0 Å². The molecule has 2 heteroatoms. The number of aromatic nitrogens is 1. The summed E-state index contributed by atoms with van der Waals surface area (Å²) in [6.45, 7) is 6.98. The number of allylic oxidation sites excluding steroid dienone is 1. The highest BCUT2D eigenvalue weighted by Crippen LogP contribution is 2.09. The summed E-state index contributed by atoms with van der Waals surface area (Å²) in [5.74, 6) is 0. The zero-order valence-corrected chi connectivity index (χ0v) is 10.2. The number of unbranched alkanes of at least 4 members (excludes halogenated alkanes) is 3. The lowest BCUT2D eigenvalue weighted by molar-refractivity contribution is 0.538. The molecule has 88 valence electrons. The molecule has 1 aromatic rings. The lowest BCUT2D eigenvalue weighted by Gasteiger charge is -2.13. The molecule has 0 aromatic carbocycles. The van der Waals surface area contributed by atoms with Gasteiger partial charge in [0.25, 0.3) is 0 Å². The Kier molecular flexibility index (Phi) is 6.50. The zero-order valence-electron chi connectivity index (χ0n) is 10.2. The fourth-order valence-electron chi connectivity index (χ4n) is 1.66. The summed E-state index contributed by atoms with van der Waals surface area (Å²) in [5.41, 5.74) is 1.26. The second-order valence-electron chi connectivity index (χ2n) is 4.10. The molecule has 1 atom stereocenters. The first-order valence-corrected chi connectivity index (χ1v) is 6.09. The Morgan fingerprint density at radius 3 is 3.00 bits per heavy atom. The third-order valence-corrected chi connectivity index (χ3v) is 2.72. The SMILES string of the molecule is C=CCCCCCNC(C)c1cccnc1. The molecule has 0 radical (unpaired) electrons. The van der Waals surface area contributed by atoms with Gasteiger partial charge in [-0.1, -0.05) is 18.6 Å².